The fraction of sp³-hybridized carbons (Fsp3) is 0. The quantitative estimate of drug-likeness (QED) is 0.682. The average Bonchev–Trinajstić information content (AvgIpc) is 2.87. The van der Waals surface area contributed by atoms with E-state index in [4.69, 9.17) is 10.2 Å². The standard InChI is InChI=1S/2C5H3O2S.Hg/c2*6-5(7)4-2-1-3-8-4;/h2*1-2H,(H,6,7);. The van der Waals surface area contributed by atoms with E-state index in [2.05, 4.69) is 0 Å². The zero-order valence-electron chi connectivity index (χ0n) is 8.54. The van der Waals surface area contributed by atoms with E-state index >= 15 is 0 Å². The van der Waals surface area contributed by atoms with Crippen LogP contribution in [0.2, 0.25) is 0 Å². The second-order valence-electron chi connectivity index (χ2n) is 3.32. The molecule has 0 radical (unpaired) electrons. The van der Waals surface area contributed by atoms with Crippen molar-refractivity contribution in [3.8, 4) is 0 Å². The molecule has 2 heterocycles. The van der Waals surface area contributed by atoms with Crippen LogP contribution in [0.25, 0.3) is 0 Å². The predicted octanol–water partition coefficient (Wildman–Crippen LogP) is 1.24. The summed E-state index contributed by atoms with van der Waals surface area (Å²) >= 11 is 1.08. The maximum absolute atomic E-state index is 10.7. The third-order valence-corrected chi connectivity index (χ3v) is 14.4. The molecule has 0 aromatic carbocycles. The molecule has 0 fully saturated rings. The fourth-order valence-corrected chi connectivity index (χ4v) is 14.8. The van der Waals surface area contributed by atoms with Gasteiger partial charge < -0.3 is 0 Å². The summed E-state index contributed by atoms with van der Waals surface area (Å²) in [5, 5.41) is 17.6. The van der Waals surface area contributed by atoms with Crippen LogP contribution < -0.4 is 4.77 Å². The zero-order valence-corrected chi connectivity index (χ0v) is 15.7. The Labute approximate surface area is 117 Å². The van der Waals surface area contributed by atoms with E-state index in [0.29, 0.717) is 9.75 Å². The summed E-state index contributed by atoms with van der Waals surface area (Å²) < 4.78 is 2.28. The third kappa shape index (κ3) is 3.14. The number of carbonyl (C=O) groups is 2. The van der Waals surface area contributed by atoms with Crippen LogP contribution in [0, 0.1) is 0 Å². The molecular formula is C10H6HgO4S2. The van der Waals surface area contributed by atoms with E-state index < -0.39 is 36.5 Å². The monoisotopic (exact) mass is 456 g/mol. The molecular weight excluding hydrogens is 449 g/mol. The Morgan fingerprint density at radius 1 is 0.882 bits per heavy atom. The Hall–Kier alpha value is -0.725. The summed E-state index contributed by atoms with van der Waals surface area (Å²) in [6.45, 7) is 0. The Balaban J connectivity index is 2.13. The van der Waals surface area contributed by atoms with Crippen LogP contribution in [-0.2, 0) is 24.6 Å². The molecule has 4 nitrogen and oxygen atoms in total. The van der Waals surface area contributed by atoms with Crippen molar-refractivity contribution < 1.29 is 44.4 Å². The molecule has 0 bridgehead atoms. The number of thiophene rings is 2. The summed E-state index contributed by atoms with van der Waals surface area (Å²) in [5.41, 5.74) is 0. The van der Waals surface area contributed by atoms with Crippen LogP contribution in [0.15, 0.2) is 24.3 Å². The van der Waals surface area contributed by atoms with E-state index in [1.165, 1.54) is 22.7 Å². The maximum atomic E-state index is 10.7. The first-order chi connectivity index (χ1) is 8.06. The molecule has 0 aliphatic heterocycles. The van der Waals surface area contributed by atoms with Gasteiger partial charge in [-0.1, -0.05) is 0 Å². The first-order valence-corrected chi connectivity index (χ1v) is 11.8. The van der Waals surface area contributed by atoms with E-state index in [0.717, 1.165) is 4.77 Å². The number of aromatic carboxylic acids is 2. The Kier molecular flexibility index (Phi) is 3.95. The van der Waals surface area contributed by atoms with Gasteiger partial charge >= 0.3 is 118 Å². The number of hydrogen-bond donors (Lipinski definition) is 2. The molecule has 2 aromatic heterocycles. The van der Waals surface area contributed by atoms with Gasteiger partial charge in [0.15, 0.2) is 0 Å². The first-order valence-electron chi connectivity index (χ1n) is 4.70. The molecule has 7 heteroatoms. The molecule has 17 heavy (non-hydrogen) atoms. The van der Waals surface area contributed by atoms with Gasteiger partial charge in [-0.05, 0) is 0 Å². The van der Waals surface area contributed by atoms with Crippen LogP contribution >= 0.6 is 22.7 Å². The van der Waals surface area contributed by atoms with Crippen LogP contribution in [0.3, 0.4) is 0 Å². The molecule has 0 saturated carbocycles. The molecule has 84 valence electrons. The normalized spacial score (nSPS) is 9.88. The van der Waals surface area contributed by atoms with Crippen molar-refractivity contribution in [1.29, 1.82) is 0 Å². The summed E-state index contributed by atoms with van der Waals surface area (Å²) in [7, 11) is 0. The van der Waals surface area contributed by atoms with Crippen molar-refractivity contribution >= 4 is 39.4 Å². The van der Waals surface area contributed by atoms with Gasteiger partial charge in [-0.15, -0.1) is 0 Å². The van der Waals surface area contributed by atoms with Crippen LogP contribution in [0.5, 0.6) is 0 Å². The van der Waals surface area contributed by atoms with Crippen LogP contribution in [0.1, 0.15) is 19.3 Å². The van der Waals surface area contributed by atoms with Gasteiger partial charge in [-0.25, -0.2) is 0 Å². The number of carboxylic acid groups (broad SMARTS) is 2. The summed E-state index contributed by atoms with van der Waals surface area (Å²) in [4.78, 5) is 22.2. The van der Waals surface area contributed by atoms with Gasteiger partial charge in [0.1, 0.15) is 0 Å². The predicted molar refractivity (Wildman–Crippen MR) is 61.8 cm³/mol. The molecule has 0 spiro atoms. The molecule has 2 aromatic rings. The van der Waals surface area contributed by atoms with Crippen LogP contribution in [0.4, 0.5) is 0 Å². The number of carboxylic acids is 2. The van der Waals surface area contributed by atoms with Crippen molar-refractivity contribution in [3.05, 3.63) is 34.0 Å². The van der Waals surface area contributed by atoms with E-state index in [9.17, 15) is 9.59 Å². The number of hydrogen-bond acceptors (Lipinski definition) is 4. The van der Waals surface area contributed by atoms with Gasteiger partial charge in [-0.2, -0.15) is 0 Å². The molecule has 0 atom stereocenters. The van der Waals surface area contributed by atoms with E-state index in [1.54, 1.807) is 12.1 Å². The molecule has 0 amide bonds. The topological polar surface area (TPSA) is 74.6 Å². The van der Waals surface area contributed by atoms with Crippen molar-refractivity contribution in [2.24, 2.45) is 0 Å². The van der Waals surface area contributed by atoms with E-state index in [1.807, 2.05) is 12.1 Å². The second kappa shape index (κ2) is 5.28. The fourth-order valence-electron chi connectivity index (χ4n) is 1.35. The second-order valence-corrected chi connectivity index (χ2v) is 16.9. The zero-order chi connectivity index (χ0) is 12.4. The molecule has 0 unspecified atom stereocenters. The summed E-state index contributed by atoms with van der Waals surface area (Å²) in [6.07, 6.45) is 0. The van der Waals surface area contributed by atoms with Crippen molar-refractivity contribution in [2.45, 2.75) is 0 Å². The Morgan fingerprint density at radius 3 is 1.59 bits per heavy atom. The minimum atomic E-state index is -1.54. The molecule has 0 saturated heterocycles. The minimum absolute atomic E-state index is 0.356. The molecule has 0 aliphatic carbocycles. The Morgan fingerprint density at radius 2 is 1.29 bits per heavy atom. The Bertz CT molecular complexity index is 522. The molecule has 0 aliphatic rings. The van der Waals surface area contributed by atoms with Crippen molar-refractivity contribution in [1.82, 2.24) is 0 Å². The van der Waals surface area contributed by atoms with Gasteiger partial charge in [0, 0.05) is 0 Å². The van der Waals surface area contributed by atoms with Gasteiger partial charge in [0.2, 0.25) is 0 Å². The van der Waals surface area contributed by atoms with Crippen LogP contribution in [-0.4, -0.2) is 22.2 Å². The molecule has 2 rings (SSSR count). The van der Waals surface area contributed by atoms with E-state index in [-0.39, 0.29) is 0 Å². The van der Waals surface area contributed by atoms with Gasteiger partial charge in [-0.3, -0.25) is 0 Å². The summed E-state index contributed by atoms with van der Waals surface area (Å²) in [6, 6.07) is 6.95. The van der Waals surface area contributed by atoms with Gasteiger partial charge in [0.05, 0.1) is 0 Å². The van der Waals surface area contributed by atoms with Gasteiger partial charge in [0.25, 0.3) is 0 Å². The molecule has 2 N–H and O–H groups in total. The SMILES string of the molecule is O=C(O)c1cc[c]([Hg][c]2ccc(C(=O)O)s2)s1. The third-order valence-electron chi connectivity index (χ3n) is 2.09. The van der Waals surface area contributed by atoms with Crippen molar-refractivity contribution in [3.63, 3.8) is 0 Å². The average molecular weight is 455 g/mol. The first kappa shape index (κ1) is 12.7. The summed E-state index contributed by atoms with van der Waals surface area (Å²) in [5.74, 6) is -1.79. The van der Waals surface area contributed by atoms with Crippen molar-refractivity contribution in [2.75, 3.05) is 0 Å². The number of rotatable bonds is 4.